The van der Waals surface area contributed by atoms with Crippen LogP contribution in [0.2, 0.25) is 0 Å². The average molecular weight is 421 g/mol. The van der Waals surface area contributed by atoms with E-state index in [2.05, 4.69) is 16.8 Å². The van der Waals surface area contributed by atoms with Crippen LogP contribution in [0.25, 0.3) is 11.7 Å². The van der Waals surface area contributed by atoms with Crippen LogP contribution in [0.4, 0.5) is 5.82 Å². The molecule has 0 aliphatic carbocycles. The number of aryl methyl sites for hydroxylation is 1. The second kappa shape index (κ2) is 8.90. The Balaban J connectivity index is 1.84. The molecule has 2 aliphatic rings. The summed E-state index contributed by atoms with van der Waals surface area (Å²) in [7, 11) is 2.07. The quantitative estimate of drug-likeness (QED) is 0.555. The lowest BCUT2D eigenvalue weighted by atomic mass is 10.1. The number of carbonyl (C=O) groups excluding carboxylic acids is 1. The number of piperidine rings is 1. The molecule has 0 radical (unpaired) electrons. The SMILES string of the molecule is Cc1cccn2c(=O)c(C=C(C#N)C(=O)N3CCCCC3)c(N3CCN(C)CC3)nc12. The Morgan fingerprint density at radius 3 is 2.52 bits per heavy atom. The van der Waals surface area contributed by atoms with Crippen molar-refractivity contribution in [2.24, 2.45) is 0 Å². The molecule has 2 aromatic rings. The van der Waals surface area contributed by atoms with Crippen LogP contribution in [0.15, 0.2) is 28.7 Å². The van der Waals surface area contributed by atoms with Crippen molar-refractivity contribution in [1.29, 1.82) is 5.26 Å². The number of carbonyl (C=O) groups is 1. The molecule has 2 aliphatic heterocycles. The monoisotopic (exact) mass is 420 g/mol. The van der Waals surface area contributed by atoms with Gasteiger partial charge in [-0.3, -0.25) is 14.0 Å². The van der Waals surface area contributed by atoms with Gasteiger partial charge < -0.3 is 14.7 Å². The third-order valence-electron chi connectivity index (χ3n) is 6.15. The number of anilines is 1. The first-order chi connectivity index (χ1) is 15.0. The number of amides is 1. The van der Waals surface area contributed by atoms with Crippen LogP contribution in [-0.4, -0.2) is 71.4 Å². The molecule has 0 saturated carbocycles. The van der Waals surface area contributed by atoms with E-state index in [0.29, 0.717) is 30.1 Å². The maximum atomic E-state index is 13.5. The Bertz CT molecular complexity index is 1120. The number of nitriles is 1. The van der Waals surface area contributed by atoms with Gasteiger partial charge in [0, 0.05) is 45.5 Å². The van der Waals surface area contributed by atoms with E-state index >= 15 is 0 Å². The first kappa shape index (κ1) is 21.1. The lowest BCUT2D eigenvalue weighted by Gasteiger charge is -2.34. The molecule has 0 aromatic carbocycles. The van der Waals surface area contributed by atoms with Crippen molar-refractivity contribution in [3.63, 3.8) is 0 Å². The Morgan fingerprint density at radius 2 is 1.84 bits per heavy atom. The number of nitrogens with zero attached hydrogens (tertiary/aromatic N) is 6. The number of likely N-dealkylation sites (tertiary alicyclic amines) is 1. The zero-order chi connectivity index (χ0) is 22.0. The third kappa shape index (κ3) is 4.19. The molecular weight excluding hydrogens is 392 g/mol. The van der Waals surface area contributed by atoms with Crippen molar-refractivity contribution in [2.45, 2.75) is 26.2 Å². The van der Waals surface area contributed by atoms with Gasteiger partial charge in [0.05, 0.1) is 5.56 Å². The van der Waals surface area contributed by atoms with E-state index in [0.717, 1.165) is 51.0 Å². The van der Waals surface area contributed by atoms with Crippen LogP contribution in [0.3, 0.4) is 0 Å². The number of fused-ring (bicyclic) bond motifs is 1. The maximum absolute atomic E-state index is 13.5. The van der Waals surface area contributed by atoms with Gasteiger partial charge in [0.1, 0.15) is 23.1 Å². The first-order valence-corrected chi connectivity index (χ1v) is 10.9. The van der Waals surface area contributed by atoms with E-state index in [1.807, 2.05) is 19.1 Å². The van der Waals surface area contributed by atoms with Gasteiger partial charge in [-0.05, 0) is 50.9 Å². The van der Waals surface area contributed by atoms with Crippen molar-refractivity contribution < 1.29 is 4.79 Å². The lowest BCUT2D eigenvalue weighted by molar-refractivity contribution is -0.127. The fourth-order valence-electron chi connectivity index (χ4n) is 4.24. The fraction of sp³-hybridized carbons (Fsp3) is 0.478. The second-order valence-electron chi connectivity index (χ2n) is 8.35. The zero-order valence-electron chi connectivity index (χ0n) is 18.2. The molecule has 2 aromatic heterocycles. The fourth-order valence-corrected chi connectivity index (χ4v) is 4.24. The number of hydrogen-bond acceptors (Lipinski definition) is 6. The summed E-state index contributed by atoms with van der Waals surface area (Å²) < 4.78 is 1.50. The predicted molar refractivity (Wildman–Crippen MR) is 120 cm³/mol. The van der Waals surface area contributed by atoms with Crippen LogP contribution in [-0.2, 0) is 4.79 Å². The van der Waals surface area contributed by atoms with Gasteiger partial charge >= 0.3 is 0 Å². The molecular formula is C23H28N6O2. The zero-order valence-corrected chi connectivity index (χ0v) is 18.2. The predicted octanol–water partition coefficient (Wildman–Crippen LogP) is 1.67. The van der Waals surface area contributed by atoms with E-state index in [4.69, 9.17) is 4.98 Å². The minimum absolute atomic E-state index is 0.0104. The topological polar surface area (TPSA) is 84.9 Å². The summed E-state index contributed by atoms with van der Waals surface area (Å²) >= 11 is 0. The van der Waals surface area contributed by atoms with Crippen LogP contribution < -0.4 is 10.5 Å². The van der Waals surface area contributed by atoms with Gasteiger partial charge in [0.2, 0.25) is 0 Å². The maximum Gasteiger partial charge on any atom is 0.267 e. The standard InChI is InChI=1S/C23H28N6O2/c1-17-7-6-10-29-20(17)25-21(27-13-11-26(2)12-14-27)19(23(29)31)15-18(16-24)22(30)28-8-4-3-5-9-28/h6-7,10,15H,3-5,8-9,11-14H2,1-2H3. The van der Waals surface area contributed by atoms with Crippen LogP contribution >= 0.6 is 0 Å². The van der Waals surface area contributed by atoms with Gasteiger partial charge in [-0.2, -0.15) is 5.26 Å². The molecule has 4 heterocycles. The van der Waals surface area contributed by atoms with Crippen molar-refractivity contribution in [2.75, 3.05) is 51.2 Å². The largest absolute Gasteiger partial charge is 0.353 e. The summed E-state index contributed by atoms with van der Waals surface area (Å²) in [6.07, 6.45) is 6.11. The van der Waals surface area contributed by atoms with E-state index in [9.17, 15) is 14.9 Å². The number of hydrogen-bond donors (Lipinski definition) is 0. The van der Waals surface area contributed by atoms with E-state index in [-0.39, 0.29) is 17.0 Å². The number of likely N-dealkylation sites (N-methyl/N-ethyl adjacent to an activating group) is 1. The summed E-state index contributed by atoms with van der Waals surface area (Å²) in [6, 6.07) is 5.77. The first-order valence-electron chi connectivity index (χ1n) is 10.9. The molecule has 0 bridgehead atoms. The molecule has 31 heavy (non-hydrogen) atoms. The summed E-state index contributed by atoms with van der Waals surface area (Å²) in [4.78, 5) is 37.3. The third-order valence-corrected chi connectivity index (χ3v) is 6.15. The summed E-state index contributed by atoms with van der Waals surface area (Å²) in [5.41, 5.74) is 1.52. The number of pyridine rings is 1. The summed E-state index contributed by atoms with van der Waals surface area (Å²) in [6.45, 7) is 6.40. The van der Waals surface area contributed by atoms with E-state index in [1.54, 1.807) is 17.2 Å². The van der Waals surface area contributed by atoms with Crippen LogP contribution in [0.5, 0.6) is 0 Å². The van der Waals surface area contributed by atoms with Gasteiger partial charge in [-0.1, -0.05) is 6.07 Å². The number of piperazine rings is 1. The molecule has 0 N–H and O–H groups in total. The van der Waals surface area contributed by atoms with Gasteiger partial charge in [-0.25, -0.2) is 4.98 Å². The molecule has 2 saturated heterocycles. The molecule has 8 heteroatoms. The smallest absolute Gasteiger partial charge is 0.267 e. The molecule has 0 spiro atoms. The normalized spacial score (nSPS) is 18.3. The van der Waals surface area contributed by atoms with E-state index in [1.165, 1.54) is 10.5 Å². The van der Waals surface area contributed by atoms with Crippen molar-refractivity contribution >= 4 is 23.4 Å². The minimum atomic E-state index is -0.305. The molecule has 0 unspecified atom stereocenters. The highest BCUT2D eigenvalue weighted by atomic mass is 16.2. The molecule has 162 valence electrons. The van der Waals surface area contributed by atoms with Gasteiger partial charge in [0.25, 0.3) is 11.5 Å². The highest BCUT2D eigenvalue weighted by Crippen LogP contribution is 2.22. The van der Waals surface area contributed by atoms with Gasteiger partial charge in [-0.15, -0.1) is 0 Å². The molecule has 4 rings (SSSR count). The molecule has 1 amide bonds. The average Bonchev–Trinajstić information content (AvgIpc) is 2.80. The van der Waals surface area contributed by atoms with Crippen LogP contribution in [0, 0.1) is 18.3 Å². The molecule has 2 fully saturated rings. The molecule has 8 nitrogen and oxygen atoms in total. The Kier molecular flexibility index (Phi) is 6.05. The van der Waals surface area contributed by atoms with Crippen molar-refractivity contribution in [3.05, 3.63) is 45.4 Å². The summed E-state index contributed by atoms with van der Waals surface area (Å²) in [5.74, 6) is 0.242. The highest BCUT2D eigenvalue weighted by molar-refractivity contribution is 6.02. The Hall–Kier alpha value is -3.18. The van der Waals surface area contributed by atoms with Crippen LogP contribution in [0.1, 0.15) is 30.4 Å². The Morgan fingerprint density at radius 1 is 1.13 bits per heavy atom. The van der Waals surface area contributed by atoms with Crippen molar-refractivity contribution in [1.82, 2.24) is 19.2 Å². The van der Waals surface area contributed by atoms with E-state index < -0.39 is 0 Å². The molecule has 0 atom stereocenters. The van der Waals surface area contributed by atoms with Gasteiger partial charge in [0.15, 0.2) is 0 Å². The summed E-state index contributed by atoms with van der Waals surface area (Å²) in [5, 5.41) is 9.76. The van der Waals surface area contributed by atoms with Crippen molar-refractivity contribution in [3.8, 4) is 6.07 Å². The lowest BCUT2D eigenvalue weighted by Crippen LogP contribution is -2.45. The Labute approximate surface area is 182 Å². The second-order valence-corrected chi connectivity index (χ2v) is 8.35. The number of aromatic nitrogens is 2. The highest BCUT2D eigenvalue weighted by Gasteiger charge is 2.25. The minimum Gasteiger partial charge on any atom is -0.353 e. The number of rotatable bonds is 3.